The maximum atomic E-state index is 13.2. The molecule has 0 fully saturated rings. The van der Waals surface area contributed by atoms with Crippen LogP contribution in [-0.2, 0) is 11.3 Å². The van der Waals surface area contributed by atoms with E-state index in [-0.39, 0.29) is 18.2 Å². The Hall–Kier alpha value is -3.39. The summed E-state index contributed by atoms with van der Waals surface area (Å²) in [5, 5.41) is 5.14. The Morgan fingerprint density at radius 2 is 2.10 bits per heavy atom. The fourth-order valence-electron chi connectivity index (χ4n) is 3.73. The highest BCUT2D eigenvalue weighted by Crippen LogP contribution is 2.37. The smallest absolute Gasteiger partial charge is 0.255 e. The Bertz CT molecular complexity index is 1080. The zero-order valence-electron chi connectivity index (χ0n) is 17.3. The number of hydrogen-bond acceptors (Lipinski definition) is 6. The number of thiazole rings is 1. The van der Waals surface area contributed by atoms with E-state index in [1.165, 1.54) is 11.3 Å². The molecule has 3 aromatic rings. The number of rotatable bonds is 8. The van der Waals surface area contributed by atoms with E-state index in [0.29, 0.717) is 35.3 Å². The van der Waals surface area contributed by atoms with Crippen molar-refractivity contribution >= 4 is 28.3 Å². The van der Waals surface area contributed by atoms with E-state index in [0.717, 1.165) is 11.1 Å². The average Bonchev–Trinajstić information content (AvgIpc) is 3.40. The summed E-state index contributed by atoms with van der Waals surface area (Å²) in [6.45, 7) is 2.86. The van der Waals surface area contributed by atoms with Crippen LogP contribution in [0.25, 0.3) is 0 Å². The summed E-state index contributed by atoms with van der Waals surface area (Å²) in [6, 6.07) is 12.6. The third kappa shape index (κ3) is 4.39. The molecule has 7 nitrogen and oxygen atoms in total. The highest BCUT2D eigenvalue weighted by molar-refractivity contribution is 7.13. The van der Waals surface area contributed by atoms with Gasteiger partial charge in [-0.1, -0.05) is 24.3 Å². The average molecular weight is 438 g/mol. The number of nitrogens with one attached hydrogen (secondary N) is 1. The van der Waals surface area contributed by atoms with Crippen LogP contribution in [0.2, 0.25) is 0 Å². The van der Waals surface area contributed by atoms with Gasteiger partial charge in [-0.15, -0.1) is 11.3 Å². The van der Waals surface area contributed by atoms with Crippen molar-refractivity contribution in [3.05, 3.63) is 70.7 Å². The zero-order chi connectivity index (χ0) is 21.8. The van der Waals surface area contributed by atoms with E-state index in [1.54, 1.807) is 23.6 Å². The van der Waals surface area contributed by atoms with Gasteiger partial charge in [0, 0.05) is 23.7 Å². The highest BCUT2D eigenvalue weighted by Gasteiger charge is 2.35. The van der Waals surface area contributed by atoms with E-state index in [2.05, 4.69) is 10.3 Å². The van der Waals surface area contributed by atoms with Gasteiger partial charge in [-0.2, -0.15) is 0 Å². The number of aromatic nitrogens is 1. The third-order valence-electron chi connectivity index (χ3n) is 5.16. The first-order valence-corrected chi connectivity index (χ1v) is 10.9. The SMILES string of the molecule is CCOc1ccc(C(CC(=O)Nc2nccs2)N2Cc3ccccc3C2=O)cc1OC. The molecule has 1 atom stereocenters. The molecule has 0 radical (unpaired) electrons. The van der Waals surface area contributed by atoms with Crippen molar-refractivity contribution in [1.29, 1.82) is 0 Å². The number of hydrogen-bond donors (Lipinski definition) is 1. The fourth-order valence-corrected chi connectivity index (χ4v) is 4.28. The second kappa shape index (κ2) is 9.18. The van der Waals surface area contributed by atoms with Crippen molar-refractivity contribution in [3.8, 4) is 11.5 Å². The molecule has 1 aliphatic heterocycles. The van der Waals surface area contributed by atoms with Gasteiger partial charge in [0.15, 0.2) is 16.6 Å². The van der Waals surface area contributed by atoms with Crippen LogP contribution in [0.4, 0.5) is 5.13 Å². The maximum absolute atomic E-state index is 13.2. The summed E-state index contributed by atoms with van der Waals surface area (Å²) in [5.41, 5.74) is 2.43. The number of ether oxygens (including phenoxy) is 2. The third-order valence-corrected chi connectivity index (χ3v) is 5.84. The van der Waals surface area contributed by atoms with Gasteiger partial charge in [0.2, 0.25) is 5.91 Å². The van der Waals surface area contributed by atoms with Gasteiger partial charge < -0.3 is 19.7 Å². The quantitative estimate of drug-likeness (QED) is 0.569. The van der Waals surface area contributed by atoms with Gasteiger partial charge in [0.1, 0.15) is 0 Å². The number of nitrogens with zero attached hydrogens (tertiary/aromatic N) is 2. The van der Waals surface area contributed by atoms with Crippen LogP contribution in [0.5, 0.6) is 11.5 Å². The summed E-state index contributed by atoms with van der Waals surface area (Å²) in [6.07, 6.45) is 1.73. The Morgan fingerprint density at radius 1 is 1.26 bits per heavy atom. The van der Waals surface area contributed by atoms with Crippen LogP contribution in [0.15, 0.2) is 54.0 Å². The molecule has 1 N–H and O–H groups in total. The largest absolute Gasteiger partial charge is 0.493 e. The molecule has 0 spiro atoms. The van der Waals surface area contributed by atoms with Crippen molar-refractivity contribution in [2.45, 2.75) is 25.9 Å². The molecular formula is C23H23N3O4S. The first-order chi connectivity index (χ1) is 15.1. The molecule has 0 saturated carbocycles. The van der Waals surface area contributed by atoms with E-state index in [4.69, 9.17) is 9.47 Å². The standard InChI is InChI=1S/C23H23N3O4S/c1-3-30-19-9-8-15(12-20(19)29-2)18(13-21(27)25-23-24-10-11-31-23)26-14-16-6-4-5-7-17(16)22(26)28/h4-12,18H,3,13-14H2,1-2H3,(H,24,25,27). The fraction of sp³-hybridized carbons (Fsp3) is 0.261. The predicted molar refractivity (Wildman–Crippen MR) is 119 cm³/mol. The van der Waals surface area contributed by atoms with Gasteiger partial charge in [0.05, 0.1) is 26.2 Å². The number of fused-ring (bicyclic) bond motifs is 1. The zero-order valence-corrected chi connectivity index (χ0v) is 18.1. The molecule has 2 heterocycles. The van der Waals surface area contributed by atoms with E-state index >= 15 is 0 Å². The van der Waals surface area contributed by atoms with Gasteiger partial charge in [-0.05, 0) is 36.2 Å². The molecule has 4 rings (SSSR count). The lowest BCUT2D eigenvalue weighted by atomic mass is 10.0. The molecule has 0 saturated heterocycles. The van der Waals surface area contributed by atoms with Gasteiger partial charge >= 0.3 is 0 Å². The van der Waals surface area contributed by atoms with Crippen molar-refractivity contribution in [2.75, 3.05) is 19.0 Å². The minimum atomic E-state index is -0.468. The van der Waals surface area contributed by atoms with Crippen molar-refractivity contribution in [1.82, 2.24) is 9.88 Å². The minimum Gasteiger partial charge on any atom is -0.493 e. The molecule has 160 valence electrons. The summed E-state index contributed by atoms with van der Waals surface area (Å²) < 4.78 is 11.1. The number of carbonyl (C=O) groups is 2. The van der Waals surface area contributed by atoms with Crippen LogP contribution in [-0.4, -0.2) is 35.4 Å². The predicted octanol–water partition coefficient (Wildman–Crippen LogP) is 4.28. The normalized spacial score (nSPS) is 13.6. The molecule has 0 bridgehead atoms. The number of anilines is 1. The topological polar surface area (TPSA) is 80.8 Å². The van der Waals surface area contributed by atoms with E-state index in [9.17, 15) is 9.59 Å². The molecule has 2 amide bonds. The van der Waals surface area contributed by atoms with Gasteiger partial charge in [-0.25, -0.2) is 4.98 Å². The summed E-state index contributed by atoms with van der Waals surface area (Å²) in [7, 11) is 1.57. The lowest BCUT2D eigenvalue weighted by Crippen LogP contribution is -2.32. The van der Waals surface area contributed by atoms with Crippen LogP contribution in [0.1, 0.15) is 40.9 Å². The van der Waals surface area contributed by atoms with Crippen molar-refractivity contribution in [2.24, 2.45) is 0 Å². The van der Waals surface area contributed by atoms with Crippen LogP contribution in [0, 0.1) is 0 Å². The Labute approximate surface area is 184 Å². The number of benzene rings is 2. The molecule has 1 aliphatic rings. The van der Waals surface area contributed by atoms with E-state index < -0.39 is 6.04 Å². The highest BCUT2D eigenvalue weighted by atomic mass is 32.1. The van der Waals surface area contributed by atoms with Crippen molar-refractivity contribution < 1.29 is 19.1 Å². The molecule has 31 heavy (non-hydrogen) atoms. The molecular weight excluding hydrogens is 414 g/mol. The summed E-state index contributed by atoms with van der Waals surface area (Å²) in [5.74, 6) is 0.886. The second-order valence-corrected chi connectivity index (χ2v) is 7.93. The molecule has 2 aromatic carbocycles. The summed E-state index contributed by atoms with van der Waals surface area (Å²) in [4.78, 5) is 31.8. The Morgan fingerprint density at radius 3 is 2.81 bits per heavy atom. The van der Waals surface area contributed by atoms with Crippen LogP contribution < -0.4 is 14.8 Å². The first-order valence-electron chi connectivity index (χ1n) is 9.99. The number of carbonyl (C=O) groups excluding carboxylic acids is 2. The minimum absolute atomic E-state index is 0.0875. The maximum Gasteiger partial charge on any atom is 0.255 e. The molecule has 1 aromatic heterocycles. The van der Waals surface area contributed by atoms with E-state index in [1.807, 2.05) is 49.4 Å². The molecule has 1 unspecified atom stereocenters. The van der Waals surface area contributed by atoms with Crippen LogP contribution >= 0.6 is 11.3 Å². The molecule has 8 heteroatoms. The monoisotopic (exact) mass is 437 g/mol. The lowest BCUT2D eigenvalue weighted by molar-refractivity contribution is -0.117. The van der Waals surface area contributed by atoms with Crippen molar-refractivity contribution in [3.63, 3.8) is 0 Å². The number of methoxy groups -OCH3 is 1. The van der Waals surface area contributed by atoms with Gasteiger partial charge in [-0.3, -0.25) is 9.59 Å². The Kier molecular flexibility index (Phi) is 6.18. The lowest BCUT2D eigenvalue weighted by Gasteiger charge is -2.28. The van der Waals surface area contributed by atoms with Crippen LogP contribution in [0.3, 0.4) is 0 Å². The first kappa shape index (κ1) is 20.9. The second-order valence-electron chi connectivity index (χ2n) is 7.04. The Balaban J connectivity index is 1.66. The number of amides is 2. The molecule has 0 aliphatic carbocycles. The summed E-state index contributed by atoms with van der Waals surface area (Å²) >= 11 is 1.35. The van der Waals surface area contributed by atoms with Gasteiger partial charge in [0.25, 0.3) is 5.91 Å².